The van der Waals surface area contributed by atoms with E-state index in [9.17, 15) is 17.6 Å². The van der Waals surface area contributed by atoms with Crippen LogP contribution in [0.15, 0.2) is 18.2 Å². The third kappa shape index (κ3) is 4.50. The van der Waals surface area contributed by atoms with Crippen molar-refractivity contribution in [2.45, 2.75) is 18.6 Å². The zero-order valence-corrected chi connectivity index (χ0v) is 9.84. The molecule has 104 valence electrons. The topological polar surface area (TPSA) is 56.0 Å². The largest absolute Gasteiger partial charge is 0.416 e. The Hall–Kier alpha value is -1.65. The summed E-state index contributed by atoms with van der Waals surface area (Å²) in [7, 11) is 0. The number of hydrogen-bond acceptors (Lipinski definition) is 3. The van der Waals surface area contributed by atoms with E-state index >= 15 is 0 Å². The zero-order chi connectivity index (χ0) is 14.5. The molecule has 0 radical (unpaired) electrons. The summed E-state index contributed by atoms with van der Waals surface area (Å²) in [6.45, 7) is 0.134. The average molecular weight is 276 g/mol. The normalized spacial score (nSPS) is 13.1. The highest BCUT2D eigenvalue weighted by Crippen LogP contribution is 2.31. The Labute approximate surface area is 107 Å². The van der Waals surface area contributed by atoms with E-state index < -0.39 is 23.6 Å². The molecule has 0 aliphatic rings. The summed E-state index contributed by atoms with van der Waals surface area (Å²) in [4.78, 5) is 0. The minimum atomic E-state index is -4.66. The zero-order valence-electron chi connectivity index (χ0n) is 9.84. The van der Waals surface area contributed by atoms with Gasteiger partial charge in [-0.15, -0.1) is 0 Å². The highest BCUT2D eigenvalue weighted by molar-refractivity contribution is 5.31. The van der Waals surface area contributed by atoms with E-state index in [1.54, 1.807) is 6.07 Å². The Morgan fingerprint density at radius 1 is 1.32 bits per heavy atom. The van der Waals surface area contributed by atoms with Crippen LogP contribution in [0.3, 0.4) is 0 Å². The molecule has 0 saturated heterocycles. The summed E-state index contributed by atoms with van der Waals surface area (Å²) in [6.07, 6.45) is -4.32. The van der Waals surface area contributed by atoms with Gasteiger partial charge in [-0.05, 0) is 36.7 Å². The first-order valence-electron chi connectivity index (χ1n) is 5.50. The SMILES string of the molecule is N#CC(NCCCO)c1cc(F)cc(C(F)(F)F)c1. The van der Waals surface area contributed by atoms with E-state index in [4.69, 9.17) is 10.4 Å². The van der Waals surface area contributed by atoms with Gasteiger partial charge in [-0.1, -0.05) is 0 Å². The molecule has 0 fully saturated rings. The van der Waals surface area contributed by atoms with Crippen LogP contribution in [0.2, 0.25) is 0 Å². The molecule has 0 saturated carbocycles. The standard InChI is InChI=1S/C12H12F4N2O/c13-10-5-8(4-9(6-10)12(14,15)16)11(7-17)18-2-1-3-19/h4-6,11,18-19H,1-3H2. The van der Waals surface area contributed by atoms with Crippen LogP contribution in [0, 0.1) is 17.1 Å². The maximum absolute atomic E-state index is 13.2. The van der Waals surface area contributed by atoms with E-state index in [0.29, 0.717) is 12.5 Å². The van der Waals surface area contributed by atoms with E-state index in [0.717, 1.165) is 12.1 Å². The molecule has 1 atom stereocenters. The van der Waals surface area contributed by atoms with Crippen LogP contribution in [0.25, 0.3) is 0 Å². The van der Waals surface area contributed by atoms with E-state index in [1.807, 2.05) is 0 Å². The molecule has 7 heteroatoms. The maximum atomic E-state index is 13.2. The predicted molar refractivity (Wildman–Crippen MR) is 59.5 cm³/mol. The molecule has 1 aromatic rings. The third-order valence-electron chi connectivity index (χ3n) is 2.39. The van der Waals surface area contributed by atoms with Gasteiger partial charge in [-0.2, -0.15) is 18.4 Å². The van der Waals surface area contributed by atoms with E-state index in [1.165, 1.54) is 0 Å². The van der Waals surface area contributed by atoms with Crippen molar-refractivity contribution in [1.29, 1.82) is 5.26 Å². The van der Waals surface area contributed by atoms with Crippen molar-refractivity contribution in [2.24, 2.45) is 0 Å². The number of aliphatic hydroxyl groups is 1. The quantitative estimate of drug-likeness (QED) is 0.641. The lowest BCUT2D eigenvalue weighted by molar-refractivity contribution is -0.137. The first-order chi connectivity index (χ1) is 8.88. The fourth-order valence-corrected chi connectivity index (χ4v) is 1.51. The highest BCUT2D eigenvalue weighted by atomic mass is 19.4. The van der Waals surface area contributed by atoms with Gasteiger partial charge in [0, 0.05) is 6.61 Å². The van der Waals surface area contributed by atoms with Crippen LogP contribution in [0.5, 0.6) is 0 Å². The molecule has 0 aliphatic carbocycles. The van der Waals surface area contributed by atoms with Gasteiger partial charge in [0.1, 0.15) is 11.9 Å². The molecule has 0 bridgehead atoms. The molecule has 1 aromatic carbocycles. The smallest absolute Gasteiger partial charge is 0.396 e. The fourth-order valence-electron chi connectivity index (χ4n) is 1.51. The maximum Gasteiger partial charge on any atom is 0.416 e. The first-order valence-corrected chi connectivity index (χ1v) is 5.50. The molecule has 0 aliphatic heterocycles. The lowest BCUT2D eigenvalue weighted by Gasteiger charge is -2.14. The molecular formula is C12H12F4N2O. The van der Waals surface area contributed by atoms with Crippen molar-refractivity contribution in [3.05, 3.63) is 35.1 Å². The van der Waals surface area contributed by atoms with Gasteiger partial charge in [-0.3, -0.25) is 5.32 Å². The molecule has 2 N–H and O–H groups in total. The summed E-state index contributed by atoms with van der Waals surface area (Å²) in [5, 5.41) is 20.1. The summed E-state index contributed by atoms with van der Waals surface area (Å²) in [5.74, 6) is -1.05. The third-order valence-corrected chi connectivity index (χ3v) is 2.39. The summed E-state index contributed by atoms with van der Waals surface area (Å²) < 4.78 is 50.7. The number of halogens is 4. The number of nitriles is 1. The van der Waals surface area contributed by atoms with Crippen molar-refractivity contribution >= 4 is 0 Å². The Morgan fingerprint density at radius 3 is 2.53 bits per heavy atom. The fraction of sp³-hybridized carbons (Fsp3) is 0.417. The molecule has 19 heavy (non-hydrogen) atoms. The van der Waals surface area contributed by atoms with Gasteiger partial charge in [-0.25, -0.2) is 4.39 Å². The summed E-state index contributed by atoms with van der Waals surface area (Å²) >= 11 is 0. The minimum Gasteiger partial charge on any atom is -0.396 e. The van der Waals surface area contributed by atoms with Gasteiger partial charge in [0.2, 0.25) is 0 Å². The Kier molecular flexibility index (Phi) is 5.27. The lowest BCUT2D eigenvalue weighted by atomic mass is 10.0. The second-order valence-electron chi connectivity index (χ2n) is 3.86. The van der Waals surface area contributed by atoms with Gasteiger partial charge in [0.15, 0.2) is 0 Å². The van der Waals surface area contributed by atoms with Crippen LogP contribution in [-0.2, 0) is 6.18 Å². The predicted octanol–water partition coefficient (Wildman–Crippen LogP) is 2.38. The number of nitrogens with one attached hydrogen (secondary N) is 1. The Morgan fingerprint density at radius 2 is 2.00 bits per heavy atom. The monoisotopic (exact) mass is 276 g/mol. The van der Waals surface area contributed by atoms with Gasteiger partial charge < -0.3 is 5.11 Å². The lowest BCUT2D eigenvalue weighted by Crippen LogP contribution is -2.22. The average Bonchev–Trinajstić information content (AvgIpc) is 2.33. The van der Waals surface area contributed by atoms with Gasteiger partial charge in [0.05, 0.1) is 11.6 Å². The van der Waals surface area contributed by atoms with Crippen molar-refractivity contribution in [3.8, 4) is 6.07 Å². The molecule has 0 spiro atoms. The molecule has 0 amide bonds. The second kappa shape index (κ2) is 6.50. The van der Waals surface area contributed by atoms with Crippen LogP contribution in [0.4, 0.5) is 17.6 Å². The molecule has 0 heterocycles. The molecule has 1 unspecified atom stereocenters. The number of rotatable bonds is 5. The van der Waals surface area contributed by atoms with Crippen LogP contribution < -0.4 is 5.32 Å². The van der Waals surface area contributed by atoms with Crippen LogP contribution >= 0.6 is 0 Å². The van der Waals surface area contributed by atoms with Gasteiger partial charge in [0.25, 0.3) is 0 Å². The first kappa shape index (κ1) is 15.4. The second-order valence-corrected chi connectivity index (χ2v) is 3.86. The summed E-state index contributed by atoms with van der Waals surface area (Å²) in [5.41, 5.74) is -1.22. The molecule has 3 nitrogen and oxygen atoms in total. The molecule has 0 aromatic heterocycles. The summed E-state index contributed by atoms with van der Waals surface area (Å²) in [6, 6.07) is 2.71. The number of aliphatic hydroxyl groups excluding tert-OH is 1. The van der Waals surface area contributed by atoms with Gasteiger partial charge >= 0.3 is 6.18 Å². The number of hydrogen-bond donors (Lipinski definition) is 2. The van der Waals surface area contributed by atoms with Crippen molar-refractivity contribution in [1.82, 2.24) is 5.32 Å². The van der Waals surface area contributed by atoms with E-state index in [-0.39, 0.29) is 18.7 Å². The molecular weight excluding hydrogens is 264 g/mol. The van der Waals surface area contributed by atoms with Crippen LogP contribution in [-0.4, -0.2) is 18.3 Å². The molecule has 1 rings (SSSR count). The van der Waals surface area contributed by atoms with Crippen molar-refractivity contribution < 1.29 is 22.7 Å². The minimum absolute atomic E-state index is 0.0900. The number of benzene rings is 1. The van der Waals surface area contributed by atoms with Crippen LogP contribution in [0.1, 0.15) is 23.6 Å². The Bertz CT molecular complexity index is 468. The van der Waals surface area contributed by atoms with Crippen molar-refractivity contribution in [2.75, 3.05) is 13.2 Å². The number of alkyl halides is 3. The van der Waals surface area contributed by atoms with E-state index in [2.05, 4.69) is 5.32 Å². The number of nitrogens with zero attached hydrogens (tertiary/aromatic N) is 1. The highest BCUT2D eigenvalue weighted by Gasteiger charge is 2.32. The van der Waals surface area contributed by atoms with Crippen molar-refractivity contribution in [3.63, 3.8) is 0 Å². The Balaban J connectivity index is 2.98.